The van der Waals surface area contributed by atoms with Crippen molar-refractivity contribution in [1.82, 2.24) is 30.0 Å². The molecule has 0 bridgehead atoms. The van der Waals surface area contributed by atoms with Crippen molar-refractivity contribution in [2.24, 2.45) is 5.73 Å². The number of aromatic nitrogens is 5. The minimum absolute atomic E-state index is 0.0669. The van der Waals surface area contributed by atoms with Crippen LogP contribution in [-0.4, -0.2) is 155 Å². The largest absolute Gasteiger partial charge is 0.508 e. The number of H-pyrrole nitrogens is 1. The zero-order valence-corrected chi connectivity index (χ0v) is 31.0. The molecule has 0 aliphatic heterocycles. The van der Waals surface area contributed by atoms with Gasteiger partial charge in [-0.25, -0.2) is 14.6 Å². The minimum Gasteiger partial charge on any atom is -0.508 e. The predicted octanol–water partition coefficient (Wildman–Crippen LogP) is 1.64. The summed E-state index contributed by atoms with van der Waals surface area (Å²) in [5, 5.41) is 19.1. The maximum absolute atomic E-state index is 12.2. The van der Waals surface area contributed by atoms with Gasteiger partial charge in [0.15, 0.2) is 5.65 Å². The maximum atomic E-state index is 12.2. The highest BCUT2D eigenvalue weighted by molar-refractivity contribution is 6.00. The second kappa shape index (κ2) is 25.9. The lowest BCUT2D eigenvalue weighted by Crippen LogP contribution is -2.26. The van der Waals surface area contributed by atoms with E-state index in [2.05, 4.69) is 20.3 Å². The van der Waals surface area contributed by atoms with Gasteiger partial charge in [0.05, 0.1) is 117 Å². The molecule has 0 unspecified atom stereocenters. The molecule has 0 spiro atoms. The number of carbonyl (C=O) groups is 1. The first kappa shape index (κ1) is 42.8. The Labute approximate surface area is 315 Å². The van der Waals surface area contributed by atoms with E-state index in [1.807, 2.05) is 16.8 Å². The number of nitrogens with two attached hydrogens (primary N) is 2. The van der Waals surface area contributed by atoms with E-state index in [0.29, 0.717) is 148 Å². The van der Waals surface area contributed by atoms with Crippen molar-refractivity contribution in [1.29, 1.82) is 0 Å². The zero-order valence-electron chi connectivity index (χ0n) is 31.0. The number of aromatic hydroxyl groups is 1. The number of hydrogen-bond donors (Lipinski definition) is 5. The molecule has 18 heteroatoms. The first-order valence-electron chi connectivity index (χ1n) is 18.4. The average molecular weight is 761 g/mol. The third-order valence-electron chi connectivity index (χ3n) is 7.88. The van der Waals surface area contributed by atoms with Gasteiger partial charge in [0.2, 0.25) is 5.91 Å². The summed E-state index contributed by atoms with van der Waals surface area (Å²) in [7, 11) is 0. The Bertz CT molecular complexity index is 1620. The van der Waals surface area contributed by atoms with Gasteiger partial charge in [-0.3, -0.25) is 4.79 Å². The first-order valence-corrected chi connectivity index (χ1v) is 18.4. The molecule has 300 valence electrons. The third-order valence-corrected chi connectivity index (χ3v) is 7.88. The van der Waals surface area contributed by atoms with E-state index in [4.69, 9.17) is 54.5 Å². The summed E-state index contributed by atoms with van der Waals surface area (Å²) < 4.78 is 45.3. The number of fused-ring (bicyclic) bond motifs is 2. The number of nitrogens with zero attached hydrogens (tertiary/aromatic N) is 4. The van der Waals surface area contributed by atoms with Crippen molar-refractivity contribution in [2.75, 3.05) is 125 Å². The van der Waals surface area contributed by atoms with Crippen molar-refractivity contribution in [3.8, 4) is 17.1 Å². The van der Waals surface area contributed by atoms with Gasteiger partial charge in [0, 0.05) is 37.0 Å². The molecule has 54 heavy (non-hydrogen) atoms. The monoisotopic (exact) mass is 760 g/mol. The highest BCUT2D eigenvalue weighted by Gasteiger charge is 2.18. The summed E-state index contributed by atoms with van der Waals surface area (Å²) in [6.07, 6.45) is 3.22. The van der Waals surface area contributed by atoms with Crippen molar-refractivity contribution in [3.63, 3.8) is 0 Å². The lowest BCUT2D eigenvalue weighted by molar-refractivity contribution is -0.122. The number of anilines is 1. The molecule has 0 fully saturated rings. The summed E-state index contributed by atoms with van der Waals surface area (Å²) in [5.41, 5.74) is 14.5. The summed E-state index contributed by atoms with van der Waals surface area (Å²) >= 11 is 0. The average Bonchev–Trinajstić information content (AvgIpc) is 3.76. The smallest absolute Gasteiger partial charge is 0.222 e. The second-order valence-electron chi connectivity index (χ2n) is 12.0. The topological polar surface area (TPSA) is 235 Å². The summed E-state index contributed by atoms with van der Waals surface area (Å²) in [4.78, 5) is 24.2. The van der Waals surface area contributed by atoms with Crippen LogP contribution in [0.4, 0.5) is 5.82 Å². The van der Waals surface area contributed by atoms with Gasteiger partial charge < -0.3 is 64.8 Å². The van der Waals surface area contributed by atoms with Crippen molar-refractivity contribution >= 4 is 33.7 Å². The van der Waals surface area contributed by atoms with Crippen molar-refractivity contribution in [3.05, 3.63) is 30.6 Å². The van der Waals surface area contributed by atoms with Crippen LogP contribution in [0.5, 0.6) is 5.75 Å². The Morgan fingerprint density at radius 1 is 0.741 bits per heavy atom. The number of hydrogen-bond acceptors (Lipinski definition) is 15. The Kier molecular flexibility index (Phi) is 20.5. The van der Waals surface area contributed by atoms with Crippen LogP contribution in [0.1, 0.15) is 19.3 Å². The number of aryl methyl sites for hydroxylation is 1. The van der Waals surface area contributed by atoms with E-state index in [1.165, 1.54) is 6.33 Å². The summed E-state index contributed by atoms with van der Waals surface area (Å²) in [5.74, 6) is 0.459. The fraction of sp³-hybridized carbons (Fsp3) is 0.611. The molecule has 7 N–H and O–H groups in total. The Hall–Kier alpha value is -3.98. The van der Waals surface area contributed by atoms with Crippen LogP contribution in [0.2, 0.25) is 0 Å². The van der Waals surface area contributed by atoms with Crippen LogP contribution >= 0.6 is 0 Å². The van der Waals surface area contributed by atoms with E-state index in [1.54, 1.807) is 12.1 Å². The summed E-state index contributed by atoms with van der Waals surface area (Å²) in [6.45, 7) is 9.26. The number of aromatic amines is 1. The molecule has 3 aromatic heterocycles. The number of phenolic OH excluding ortho intramolecular Hbond substituents is 1. The highest BCUT2D eigenvalue weighted by atomic mass is 16.6. The lowest BCUT2D eigenvalue weighted by atomic mass is 10.2. The quantitative estimate of drug-likeness (QED) is 0.0445. The highest BCUT2D eigenvalue weighted by Crippen LogP contribution is 2.32. The van der Waals surface area contributed by atoms with Gasteiger partial charge >= 0.3 is 0 Å². The molecule has 0 atom stereocenters. The minimum atomic E-state index is -0.0669. The molecular formula is C36H56N8O10. The van der Waals surface area contributed by atoms with E-state index < -0.39 is 0 Å². The molecule has 3 heterocycles. The molecule has 4 aromatic rings. The number of nitrogens with one attached hydrogen (secondary N) is 2. The van der Waals surface area contributed by atoms with Gasteiger partial charge in [-0.1, -0.05) is 0 Å². The molecule has 0 aliphatic rings. The number of rotatable bonds is 32. The predicted molar refractivity (Wildman–Crippen MR) is 201 cm³/mol. The molecule has 0 aliphatic carbocycles. The van der Waals surface area contributed by atoms with Crippen LogP contribution in [-0.2, 0) is 49.2 Å². The van der Waals surface area contributed by atoms with Crippen molar-refractivity contribution in [2.45, 2.75) is 25.8 Å². The number of carbonyl (C=O) groups excluding carboxylic acids is 1. The SMILES string of the molecule is NCCOCCOCCOCCOCCOCCOCCOCCOCCC(=O)NCCCCn1nc(-c2cc3cc(O)ccc3[nH]2)c2c(N)ncnc21. The number of unbranched alkanes of at least 4 members (excludes halogenated alkanes) is 1. The third kappa shape index (κ3) is 15.8. The lowest BCUT2D eigenvalue weighted by Gasteiger charge is -2.09. The molecular weight excluding hydrogens is 704 g/mol. The van der Waals surface area contributed by atoms with Gasteiger partial charge in [0.25, 0.3) is 0 Å². The van der Waals surface area contributed by atoms with Crippen LogP contribution in [0.25, 0.3) is 33.3 Å². The van der Waals surface area contributed by atoms with Crippen LogP contribution in [0.3, 0.4) is 0 Å². The fourth-order valence-electron chi connectivity index (χ4n) is 5.21. The Balaban J connectivity index is 0.917. The Morgan fingerprint density at radius 2 is 1.30 bits per heavy atom. The van der Waals surface area contributed by atoms with Gasteiger partial charge in [0.1, 0.15) is 23.6 Å². The maximum Gasteiger partial charge on any atom is 0.222 e. The standard InChI is InChI=1S/C36H56N8O10/c37-6-10-48-12-14-50-16-18-52-20-22-54-24-23-53-21-19-51-17-15-49-13-11-47-9-5-32(46)39-7-1-2-8-44-36-33(35(38)40-27-41-36)34(43-44)31-26-28-25-29(45)3-4-30(28)42-31/h3-4,25-27,42,45H,1-2,5-24,37H2,(H,39,46)(H2,38,40,41). The zero-order chi connectivity index (χ0) is 38.1. The summed E-state index contributed by atoms with van der Waals surface area (Å²) in [6, 6.07) is 7.04. The number of ether oxygens (including phenoxy) is 8. The molecule has 0 saturated heterocycles. The van der Waals surface area contributed by atoms with E-state index in [-0.39, 0.29) is 18.1 Å². The van der Waals surface area contributed by atoms with Crippen LogP contribution in [0, 0.1) is 0 Å². The normalized spacial score (nSPS) is 11.6. The van der Waals surface area contributed by atoms with Gasteiger partial charge in [-0.05, 0) is 37.1 Å². The first-order chi connectivity index (χ1) is 26.6. The number of amides is 1. The second-order valence-corrected chi connectivity index (χ2v) is 12.0. The van der Waals surface area contributed by atoms with Gasteiger partial charge in [-0.2, -0.15) is 5.10 Å². The molecule has 0 radical (unpaired) electrons. The van der Waals surface area contributed by atoms with Crippen LogP contribution < -0.4 is 16.8 Å². The molecule has 1 aromatic carbocycles. The number of benzene rings is 1. The van der Waals surface area contributed by atoms with E-state index in [9.17, 15) is 9.90 Å². The van der Waals surface area contributed by atoms with E-state index in [0.717, 1.165) is 29.4 Å². The molecule has 18 nitrogen and oxygen atoms in total. The molecule has 4 rings (SSSR count). The Morgan fingerprint density at radius 3 is 1.87 bits per heavy atom. The van der Waals surface area contributed by atoms with E-state index >= 15 is 0 Å². The van der Waals surface area contributed by atoms with Crippen LogP contribution in [0.15, 0.2) is 30.6 Å². The molecule has 0 saturated carbocycles. The van der Waals surface area contributed by atoms with Gasteiger partial charge in [-0.15, -0.1) is 0 Å². The number of nitrogen functional groups attached to an aromatic ring is 1. The molecule has 1 amide bonds. The number of phenols is 1. The van der Waals surface area contributed by atoms with Crippen molar-refractivity contribution < 1.29 is 47.8 Å². The fourth-order valence-corrected chi connectivity index (χ4v) is 5.21.